The van der Waals surface area contributed by atoms with Crippen molar-refractivity contribution < 1.29 is 16.6 Å². The molecule has 2 heterocycles. The van der Waals surface area contributed by atoms with Gasteiger partial charge >= 0.3 is 5.97 Å². The predicted molar refractivity (Wildman–Crippen MR) is 140 cm³/mol. The van der Waals surface area contributed by atoms with Crippen LogP contribution in [0.5, 0.6) is 0 Å². The number of nitrogens with one attached hydrogen (secondary N) is 1. The summed E-state index contributed by atoms with van der Waals surface area (Å²) in [4.78, 5) is 17.3. The minimum absolute atomic E-state index is 0.0609. The molecule has 1 aliphatic heterocycles. The first-order valence-corrected chi connectivity index (χ1v) is 12.9. The summed E-state index contributed by atoms with van der Waals surface area (Å²) in [5.74, 6) is -0.972. The van der Waals surface area contributed by atoms with Crippen LogP contribution in [0.25, 0.3) is 17.0 Å². The van der Waals surface area contributed by atoms with Crippen molar-refractivity contribution in [3.8, 4) is 0 Å². The lowest BCUT2D eigenvalue weighted by Crippen LogP contribution is -2.62. The highest BCUT2D eigenvalue weighted by molar-refractivity contribution is 14.1. The molecule has 1 N–H and O–H groups in total. The van der Waals surface area contributed by atoms with Gasteiger partial charge in [0.15, 0.2) is 23.0 Å². The Balaban J connectivity index is 1.50. The van der Waals surface area contributed by atoms with E-state index >= 15 is 8.78 Å². The highest BCUT2D eigenvalue weighted by Crippen LogP contribution is 2.65. The highest BCUT2D eigenvalue weighted by atomic mass is 127. The SMILES string of the molecule is CC1(C)Cc2c([nH]c3ccccc23)C(c2c(F)cc(/C=C/C(=O)OI)cc2F)N1CC12CC(C1)C2. The van der Waals surface area contributed by atoms with Crippen LogP contribution < -0.4 is 0 Å². The van der Waals surface area contributed by atoms with Crippen LogP contribution in [-0.2, 0) is 14.3 Å². The first-order chi connectivity index (χ1) is 16.7. The van der Waals surface area contributed by atoms with Crippen LogP contribution in [0.1, 0.15) is 61.5 Å². The molecule has 3 saturated carbocycles. The second-order valence-corrected chi connectivity index (χ2v) is 11.6. The Kier molecular flexibility index (Phi) is 5.38. The van der Waals surface area contributed by atoms with E-state index in [4.69, 9.17) is 0 Å². The third-order valence-corrected chi connectivity index (χ3v) is 8.79. The summed E-state index contributed by atoms with van der Waals surface area (Å²) in [6, 6.07) is 10.1. The minimum Gasteiger partial charge on any atom is -0.391 e. The van der Waals surface area contributed by atoms with Crippen LogP contribution in [0, 0.1) is 23.0 Å². The average Bonchev–Trinajstić information content (AvgIpc) is 3.11. The lowest BCUT2D eigenvalue weighted by atomic mass is 9.44. The fraction of sp³-hybridized carbons (Fsp3) is 0.393. The van der Waals surface area contributed by atoms with Gasteiger partial charge in [0.25, 0.3) is 0 Å². The Labute approximate surface area is 217 Å². The summed E-state index contributed by atoms with van der Waals surface area (Å²) in [7, 11) is 0. The number of hydrogen-bond donors (Lipinski definition) is 1. The van der Waals surface area contributed by atoms with Gasteiger partial charge in [-0.2, -0.15) is 0 Å². The van der Waals surface area contributed by atoms with E-state index in [2.05, 4.69) is 32.9 Å². The molecule has 35 heavy (non-hydrogen) atoms. The monoisotopic (exact) mass is 588 g/mol. The van der Waals surface area contributed by atoms with Gasteiger partial charge in [-0.25, -0.2) is 13.6 Å². The van der Waals surface area contributed by atoms with E-state index in [0.717, 1.165) is 47.1 Å². The molecule has 4 aliphatic rings. The molecular weight excluding hydrogens is 561 g/mol. The molecule has 3 fully saturated rings. The fourth-order valence-corrected chi connectivity index (χ4v) is 6.80. The maximum absolute atomic E-state index is 15.8. The van der Waals surface area contributed by atoms with E-state index in [0.29, 0.717) is 0 Å². The smallest absolute Gasteiger partial charge is 0.340 e. The summed E-state index contributed by atoms with van der Waals surface area (Å²) < 4.78 is 36.1. The van der Waals surface area contributed by atoms with Crippen molar-refractivity contribution >= 4 is 46.0 Å². The Morgan fingerprint density at radius 2 is 1.89 bits per heavy atom. The summed E-state index contributed by atoms with van der Waals surface area (Å²) in [5, 5.41) is 1.11. The topological polar surface area (TPSA) is 45.3 Å². The number of nitrogens with zero attached hydrogens (tertiary/aromatic N) is 1. The highest BCUT2D eigenvalue weighted by Gasteiger charge is 2.59. The second kappa shape index (κ2) is 8.13. The first kappa shape index (κ1) is 23.2. The Hall–Kier alpha value is -2.26. The average molecular weight is 588 g/mol. The quantitative estimate of drug-likeness (QED) is 0.261. The molecule has 3 aliphatic carbocycles. The third kappa shape index (κ3) is 3.73. The van der Waals surface area contributed by atoms with Crippen LogP contribution in [0.15, 0.2) is 42.5 Å². The van der Waals surface area contributed by atoms with Gasteiger partial charge in [0.1, 0.15) is 11.6 Å². The number of para-hydroxylation sites is 1. The number of carbonyl (C=O) groups is 1. The normalized spacial score (nSPS) is 26.9. The summed E-state index contributed by atoms with van der Waals surface area (Å²) in [6.07, 6.45) is 6.99. The van der Waals surface area contributed by atoms with Crippen LogP contribution in [-0.4, -0.2) is 27.9 Å². The van der Waals surface area contributed by atoms with Gasteiger partial charge in [0.2, 0.25) is 0 Å². The fourth-order valence-electron chi connectivity index (χ4n) is 6.65. The number of halogens is 3. The van der Waals surface area contributed by atoms with E-state index in [-0.39, 0.29) is 22.1 Å². The van der Waals surface area contributed by atoms with Crippen molar-refractivity contribution in [3.05, 3.63) is 76.5 Å². The van der Waals surface area contributed by atoms with Gasteiger partial charge in [-0.1, -0.05) is 18.2 Å². The van der Waals surface area contributed by atoms with Crippen LogP contribution in [0.3, 0.4) is 0 Å². The molecule has 0 amide bonds. The van der Waals surface area contributed by atoms with Gasteiger partial charge < -0.3 is 8.05 Å². The number of carbonyl (C=O) groups excluding carboxylic acids is 1. The maximum atomic E-state index is 15.8. The van der Waals surface area contributed by atoms with Crippen molar-refractivity contribution in [1.82, 2.24) is 9.88 Å². The van der Waals surface area contributed by atoms with Crippen LogP contribution in [0.4, 0.5) is 8.78 Å². The van der Waals surface area contributed by atoms with Crippen LogP contribution in [0.2, 0.25) is 0 Å². The number of hydrogen-bond acceptors (Lipinski definition) is 3. The van der Waals surface area contributed by atoms with Gasteiger partial charge in [-0.3, -0.25) is 4.90 Å². The zero-order valence-corrected chi connectivity index (χ0v) is 21.9. The van der Waals surface area contributed by atoms with E-state index in [9.17, 15) is 4.79 Å². The Bertz CT molecular complexity index is 1340. The van der Waals surface area contributed by atoms with E-state index < -0.39 is 23.6 Å². The molecule has 1 aromatic heterocycles. The van der Waals surface area contributed by atoms with Crippen LogP contribution >= 0.6 is 23.0 Å². The zero-order valence-electron chi connectivity index (χ0n) is 19.7. The lowest BCUT2D eigenvalue weighted by molar-refractivity contribution is -0.145. The van der Waals surface area contributed by atoms with Gasteiger partial charge in [0, 0.05) is 40.3 Å². The molecule has 0 spiro atoms. The van der Waals surface area contributed by atoms with E-state index in [1.165, 1.54) is 60.5 Å². The van der Waals surface area contributed by atoms with Crippen molar-refractivity contribution in [1.29, 1.82) is 0 Å². The predicted octanol–water partition coefficient (Wildman–Crippen LogP) is 6.88. The number of H-pyrrole nitrogens is 1. The van der Waals surface area contributed by atoms with Crippen molar-refractivity contribution in [3.63, 3.8) is 0 Å². The number of fused-ring (bicyclic) bond motifs is 3. The van der Waals surface area contributed by atoms with E-state index in [1.807, 2.05) is 18.2 Å². The molecular formula is C28H27F2IN2O2. The summed E-state index contributed by atoms with van der Waals surface area (Å²) >= 11 is 1.48. The standard InChI is InChI=1S/C28H27F2IN2O2/c1-27(2)14-19-18-5-3-4-6-22(18)32-25(19)26(33(27)15-28-11-17(12-28)13-28)24-20(29)9-16(10-21(24)30)7-8-23(34)35-31/h3-10,17,26,32H,11-15H2,1-2H3/b8-7+. The number of aromatic nitrogens is 1. The number of benzene rings is 2. The zero-order chi connectivity index (χ0) is 24.5. The molecule has 7 rings (SSSR count). The number of rotatable bonds is 5. The molecule has 0 radical (unpaired) electrons. The molecule has 4 nitrogen and oxygen atoms in total. The Morgan fingerprint density at radius 3 is 2.51 bits per heavy atom. The molecule has 1 unspecified atom stereocenters. The molecule has 182 valence electrons. The molecule has 1 atom stereocenters. The number of aromatic amines is 1. The molecule has 3 aromatic rings. The maximum Gasteiger partial charge on any atom is 0.340 e. The molecule has 2 bridgehead atoms. The summed E-state index contributed by atoms with van der Waals surface area (Å²) in [6.45, 7) is 5.22. The van der Waals surface area contributed by atoms with Gasteiger partial charge in [-0.05, 0) is 86.3 Å². The second-order valence-electron chi connectivity index (χ2n) is 11.2. The molecule has 7 heteroatoms. The molecule has 0 saturated heterocycles. The Morgan fingerprint density at radius 1 is 1.20 bits per heavy atom. The first-order valence-electron chi connectivity index (χ1n) is 12.1. The third-order valence-electron chi connectivity index (χ3n) is 8.35. The molecule has 2 aromatic carbocycles. The van der Waals surface area contributed by atoms with Crippen molar-refractivity contribution in [2.24, 2.45) is 11.3 Å². The van der Waals surface area contributed by atoms with Crippen molar-refractivity contribution in [2.45, 2.75) is 51.1 Å². The van der Waals surface area contributed by atoms with E-state index in [1.54, 1.807) is 0 Å². The van der Waals surface area contributed by atoms with Gasteiger partial charge in [0.05, 0.1) is 6.04 Å². The minimum atomic E-state index is -0.609. The summed E-state index contributed by atoms with van der Waals surface area (Å²) in [5.41, 5.74) is 3.35. The van der Waals surface area contributed by atoms with Gasteiger partial charge in [-0.15, -0.1) is 0 Å². The van der Waals surface area contributed by atoms with Crippen molar-refractivity contribution in [2.75, 3.05) is 6.54 Å². The lowest BCUT2D eigenvalue weighted by Gasteiger charge is -2.65. The largest absolute Gasteiger partial charge is 0.391 e.